The number of hydrogen-bond acceptors (Lipinski definition) is 4. The van der Waals surface area contributed by atoms with E-state index in [2.05, 4.69) is 4.98 Å². The Kier molecular flexibility index (Phi) is 6.45. The van der Waals surface area contributed by atoms with Crippen molar-refractivity contribution >= 4 is 17.5 Å². The van der Waals surface area contributed by atoms with Crippen LogP contribution < -0.4 is 9.47 Å². The van der Waals surface area contributed by atoms with Crippen LogP contribution in [0.1, 0.15) is 5.56 Å². The molecule has 1 aromatic heterocycles. The number of amides is 1. The summed E-state index contributed by atoms with van der Waals surface area (Å²) in [5, 5.41) is 0.282. The predicted molar refractivity (Wildman–Crippen MR) is 104 cm³/mol. The first-order valence-corrected chi connectivity index (χ1v) is 8.89. The molecule has 0 atom stereocenters. The number of pyridine rings is 1. The molecule has 0 bridgehead atoms. The van der Waals surface area contributed by atoms with E-state index < -0.39 is 5.82 Å². The Bertz CT molecular complexity index is 916. The molecule has 0 saturated carbocycles. The summed E-state index contributed by atoms with van der Waals surface area (Å²) in [7, 11) is 1.57. The lowest BCUT2D eigenvalue weighted by Gasteiger charge is -2.18. The number of aromatic nitrogens is 1. The zero-order valence-corrected chi connectivity index (χ0v) is 15.9. The van der Waals surface area contributed by atoms with Gasteiger partial charge in [0.1, 0.15) is 17.3 Å². The Hall–Kier alpha value is -3.12. The maximum Gasteiger partial charge on any atom is 0.260 e. The van der Waals surface area contributed by atoms with E-state index in [9.17, 15) is 9.18 Å². The molecular formula is C21H18ClFN2O3. The van der Waals surface area contributed by atoms with E-state index in [4.69, 9.17) is 21.1 Å². The highest BCUT2D eigenvalue weighted by molar-refractivity contribution is 6.31. The summed E-state index contributed by atoms with van der Waals surface area (Å²) < 4.78 is 24.9. The predicted octanol–water partition coefficient (Wildman–Crippen LogP) is 4.70. The van der Waals surface area contributed by atoms with Gasteiger partial charge in [-0.15, -0.1) is 0 Å². The molecule has 7 heteroatoms. The van der Waals surface area contributed by atoms with Crippen molar-refractivity contribution in [3.8, 4) is 17.4 Å². The number of likely N-dealkylation sites (N-methyl/N-ethyl adjacent to an activating group) is 1. The number of nitrogens with zero attached hydrogens (tertiary/aromatic N) is 2. The third-order valence-corrected chi connectivity index (χ3v) is 4.28. The lowest BCUT2D eigenvalue weighted by atomic mass is 10.2. The molecule has 28 heavy (non-hydrogen) atoms. The van der Waals surface area contributed by atoms with Gasteiger partial charge >= 0.3 is 0 Å². The molecule has 0 N–H and O–H groups in total. The highest BCUT2D eigenvalue weighted by Crippen LogP contribution is 2.23. The van der Waals surface area contributed by atoms with Crippen molar-refractivity contribution in [1.29, 1.82) is 0 Å². The Balaban J connectivity index is 1.52. The lowest BCUT2D eigenvalue weighted by molar-refractivity contribution is -0.132. The number of benzene rings is 2. The smallest absolute Gasteiger partial charge is 0.260 e. The van der Waals surface area contributed by atoms with Gasteiger partial charge in [-0.25, -0.2) is 9.37 Å². The van der Waals surface area contributed by atoms with Gasteiger partial charge in [-0.2, -0.15) is 0 Å². The number of carbonyl (C=O) groups excluding carboxylic acids is 1. The number of carbonyl (C=O) groups is 1. The summed E-state index contributed by atoms with van der Waals surface area (Å²) >= 11 is 6.00. The topological polar surface area (TPSA) is 51.7 Å². The zero-order chi connectivity index (χ0) is 19.9. The van der Waals surface area contributed by atoms with Gasteiger partial charge in [-0.3, -0.25) is 4.79 Å². The van der Waals surface area contributed by atoms with E-state index in [-0.39, 0.29) is 29.6 Å². The average molecular weight is 401 g/mol. The molecule has 1 amide bonds. The van der Waals surface area contributed by atoms with Gasteiger partial charge in [-0.1, -0.05) is 23.7 Å². The van der Waals surface area contributed by atoms with Crippen molar-refractivity contribution < 1.29 is 18.7 Å². The number of ether oxygens (including phenoxy) is 2. The van der Waals surface area contributed by atoms with E-state index in [1.807, 2.05) is 6.07 Å². The van der Waals surface area contributed by atoms with E-state index >= 15 is 0 Å². The molecule has 5 nitrogen and oxygen atoms in total. The van der Waals surface area contributed by atoms with Gasteiger partial charge in [0.2, 0.25) is 5.88 Å². The number of hydrogen-bond donors (Lipinski definition) is 0. The average Bonchev–Trinajstić information content (AvgIpc) is 2.70. The van der Waals surface area contributed by atoms with Crippen LogP contribution in [0, 0.1) is 5.82 Å². The second-order valence-electron chi connectivity index (χ2n) is 5.98. The fourth-order valence-corrected chi connectivity index (χ4v) is 2.62. The van der Waals surface area contributed by atoms with Crippen molar-refractivity contribution in [1.82, 2.24) is 9.88 Å². The molecule has 144 valence electrons. The molecule has 0 aliphatic heterocycles. The monoisotopic (exact) mass is 400 g/mol. The summed E-state index contributed by atoms with van der Waals surface area (Å²) in [4.78, 5) is 17.7. The van der Waals surface area contributed by atoms with Crippen molar-refractivity contribution in [2.24, 2.45) is 0 Å². The van der Waals surface area contributed by atoms with E-state index in [1.165, 1.54) is 17.0 Å². The van der Waals surface area contributed by atoms with Gasteiger partial charge in [0, 0.05) is 36.4 Å². The molecule has 0 aliphatic carbocycles. The molecule has 3 rings (SSSR count). The molecule has 0 aliphatic rings. The van der Waals surface area contributed by atoms with Crippen molar-refractivity contribution in [2.75, 3.05) is 13.7 Å². The first kappa shape index (κ1) is 19.6. The molecule has 3 aromatic rings. The molecule has 1 heterocycles. The van der Waals surface area contributed by atoms with E-state index in [1.54, 1.807) is 55.7 Å². The van der Waals surface area contributed by atoms with Crippen LogP contribution in [0.15, 0.2) is 66.9 Å². The highest BCUT2D eigenvalue weighted by atomic mass is 35.5. The first-order valence-electron chi connectivity index (χ1n) is 8.51. The Morgan fingerprint density at radius 1 is 1.07 bits per heavy atom. The molecule has 0 radical (unpaired) electrons. The zero-order valence-electron chi connectivity index (χ0n) is 15.1. The first-order chi connectivity index (χ1) is 13.5. The van der Waals surface area contributed by atoms with Crippen molar-refractivity contribution in [3.63, 3.8) is 0 Å². The summed E-state index contributed by atoms with van der Waals surface area (Å²) in [6.45, 7) is -0.117. The fraction of sp³-hybridized carbons (Fsp3) is 0.143. The number of halogens is 2. The van der Waals surface area contributed by atoms with E-state index in [0.29, 0.717) is 17.4 Å². The SMILES string of the molecule is CN(Cc1c(F)cccc1Cl)C(=O)COc1ccc(Oc2ccccn2)cc1. The largest absolute Gasteiger partial charge is 0.484 e. The van der Waals surface area contributed by atoms with Crippen LogP contribution in [0.4, 0.5) is 4.39 Å². The van der Waals surface area contributed by atoms with Crippen LogP contribution in [0.3, 0.4) is 0 Å². The van der Waals surface area contributed by atoms with Crippen LogP contribution in [0.2, 0.25) is 5.02 Å². The Morgan fingerprint density at radius 2 is 1.82 bits per heavy atom. The van der Waals surface area contributed by atoms with Crippen LogP contribution in [-0.2, 0) is 11.3 Å². The van der Waals surface area contributed by atoms with Gasteiger partial charge in [0.15, 0.2) is 6.61 Å². The Labute approximate surface area is 167 Å². The highest BCUT2D eigenvalue weighted by Gasteiger charge is 2.15. The van der Waals surface area contributed by atoms with Gasteiger partial charge in [0.05, 0.1) is 0 Å². The summed E-state index contributed by atoms with van der Waals surface area (Å²) in [6, 6.07) is 16.6. The van der Waals surface area contributed by atoms with Crippen LogP contribution in [0.25, 0.3) is 0 Å². The summed E-state index contributed by atoms with van der Waals surface area (Å²) in [6.07, 6.45) is 1.64. The minimum Gasteiger partial charge on any atom is -0.484 e. The van der Waals surface area contributed by atoms with Gasteiger partial charge < -0.3 is 14.4 Å². The molecule has 2 aromatic carbocycles. The minimum atomic E-state index is -0.448. The second-order valence-corrected chi connectivity index (χ2v) is 6.39. The molecular weight excluding hydrogens is 383 g/mol. The Morgan fingerprint density at radius 3 is 2.50 bits per heavy atom. The van der Waals surface area contributed by atoms with Crippen LogP contribution >= 0.6 is 11.6 Å². The standard InChI is InChI=1S/C21H18ClFN2O3/c1-25(13-17-18(22)5-4-6-19(17)23)21(26)14-27-15-8-10-16(11-9-15)28-20-7-2-3-12-24-20/h2-12H,13-14H2,1H3. The maximum absolute atomic E-state index is 13.8. The maximum atomic E-state index is 13.8. The van der Waals surface area contributed by atoms with Crippen molar-refractivity contribution in [2.45, 2.75) is 6.54 Å². The quantitative estimate of drug-likeness (QED) is 0.576. The van der Waals surface area contributed by atoms with Gasteiger partial charge in [-0.05, 0) is 42.5 Å². The second kappa shape index (κ2) is 9.19. The molecule has 0 saturated heterocycles. The van der Waals surface area contributed by atoms with E-state index in [0.717, 1.165) is 0 Å². The molecule has 0 unspecified atom stereocenters. The number of rotatable bonds is 7. The third-order valence-electron chi connectivity index (χ3n) is 3.93. The van der Waals surface area contributed by atoms with Gasteiger partial charge in [0.25, 0.3) is 5.91 Å². The fourth-order valence-electron chi connectivity index (χ4n) is 2.40. The normalized spacial score (nSPS) is 10.4. The minimum absolute atomic E-state index is 0.0601. The summed E-state index contributed by atoms with van der Waals surface area (Å²) in [5.41, 5.74) is 0.274. The van der Waals surface area contributed by atoms with Crippen LogP contribution in [0.5, 0.6) is 17.4 Å². The molecule has 0 fully saturated rings. The third kappa shape index (κ3) is 5.20. The summed E-state index contributed by atoms with van der Waals surface area (Å²) in [5.74, 6) is 0.854. The van der Waals surface area contributed by atoms with Crippen molar-refractivity contribution in [3.05, 3.63) is 83.3 Å². The lowest BCUT2D eigenvalue weighted by Crippen LogP contribution is -2.31. The molecule has 0 spiro atoms. The van der Waals surface area contributed by atoms with Crippen LogP contribution in [-0.4, -0.2) is 29.4 Å².